The van der Waals surface area contributed by atoms with Crippen molar-refractivity contribution in [3.8, 4) is 0 Å². The van der Waals surface area contributed by atoms with Gasteiger partial charge in [0.05, 0.1) is 0 Å². The van der Waals surface area contributed by atoms with Crippen molar-refractivity contribution in [2.75, 3.05) is 13.1 Å². The Balaban J connectivity index is 2.19. The molecule has 1 fully saturated rings. The first kappa shape index (κ1) is 8.70. The third kappa shape index (κ3) is 3.00. The molecule has 1 aliphatic heterocycles. The molecule has 1 atom stereocenters. The summed E-state index contributed by atoms with van der Waals surface area (Å²) in [6.45, 7) is 2.09. The molecule has 0 aliphatic carbocycles. The van der Waals surface area contributed by atoms with Crippen LogP contribution in [0.15, 0.2) is 0 Å². The Kier molecular flexibility index (Phi) is 3.55. The predicted octanol–water partition coefficient (Wildman–Crippen LogP) is -0.924. The van der Waals surface area contributed by atoms with Crippen LogP contribution in [0.4, 0.5) is 0 Å². The van der Waals surface area contributed by atoms with Crippen molar-refractivity contribution in [1.82, 2.24) is 16.1 Å². The average Bonchev–Trinajstić information content (AvgIpc) is 2.06. The molecule has 4 nitrogen and oxygen atoms in total. The maximum atomic E-state index is 5.12. The molecule has 1 aliphatic rings. The van der Waals surface area contributed by atoms with Gasteiger partial charge in [0.1, 0.15) is 0 Å². The zero-order valence-corrected chi connectivity index (χ0v) is 7.21. The van der Waals surface area contributed by atoms with Crippen LogP contribution in [0, 0.1) is 0 Å². The van der Waals surface area contributed by atoms with Gasteiger partial charge in [0.15, 0.2) is 5.11 Å². The number of thiocarbonyl (C=S) groups is 1. The van der Waals surface area contributed by atoms with E-state index >= 15 is 0 Å². The molecule has 0 amide bonds. The van der Waals surface area contributed by atoms with Crippen LogP contribution in [0.1, 0.15) is 12.8 Å². The van der Waals surface area contributed by atoms with Gasteiger partial charge in [-0.1, -0.05) is 0 Å². The number of hydrogen-bond donors (Lipinski definition) is 4. The molecule has 1 unspecified atom stereocenters. The molecule has 1 saturated heterocycles. The maximum Gasteiger partial charge on any atom is 0.180 e. The Morgan fingerprint density at radius 2 is 2.45 bits per heavy atom. The Labute approximate surface area is 71.9 Å². The summed E-state index contributed by atoms with van der Waals surface area (Å²) in [5, 5.41) is 6.90. The molecular weight excluding hydrogens is 160 g/mol. The van der Waals surface area contributed by atoms with Crippen LogP contribution in [-0.4, -0.2) is 24.2 Å². The summed E-state index contributed by atoms with van der Waals surface area (Å²) in [4.78, 5) is 0. The molecule has 0 saturated carbocycles. The van der Waals surface area contributed by atoms with E-state index in [1.165, 1.54) is 6.42 Å². The van der Waals surface area contributed by atoms with Crippen molar-refractivity contribution >= 4 is 17.3 Å². The van der Waals surface area contributed by atoms with Gasteiger partial charge in [0.2, 0.25) is 0 Å². The molecule has 5 heteroatoms. The van der Waals surface area contributed by atoms with E-state index in [0.29, 0.717) is 11.2 Å². The minimum atomic E-state index is 0.437. The lowest BCUT2D eigenvalue weighted by molar-refractivity contribution is 0.430. The van der Waals surface area contributed by atoms with Crippen molar-refractivity contribution in [2.45, 2.75) is 18.9 Å². The monoisotopic (exact) mass is 174 g/mol. The van der Waals surface area contributed by atoms with Crippen LogP contribution < -0.4 is 21.9 Å². The zero-order valence-electron chi connectivity index (χ0n) is 6.39. The summed E-state index contributed by atoms with van der Waals surface area (Å²) in [5.41, 5.74) is 2.40. The van der Waals surface area contributed by atoms with Gasteiger partial charge in [-0.05, 0) is 31.6 Å². The standard InChI is InChI=1S/C6H14N4S/c7-10-6(11)9-5-2-1-3-8-4-5/h5,8H,1-4,7H2,(H2,9,10,11). The van der Waals surface area contributed by atoms with Crippen LogP contribution in [0.25, 0.3) is 0 Å². The van der Waals surface area contributed by atoms with E-state index in [-0.39, 0.29) is 0 Å². The summed E-state index contributed by atoms with van der Waals surface area (Å²) < 4.78 is 0. The quantitative estimate of drug-likeness (QED) is 0.235. The highest BCUT2D eigenvalue weighted by molar-refractivity contribution is 7.80. The summed E-state index contributed by atoms with van der Waals surface area (Å²) in [5.74, 6) is 5.12. The van der Waals surface area contributed by atoms with Gasteiger partial charge in [-0.25, -0.2) is 5.84 Å². The third-order valence-electron chi connectivity index (χ3n) is 1.76. The Morgan fingerprint density at radius 1 is 1.64 bits per heavy atom. The van der Waals surface area contributed by atoms with Gasteiger partial charge < -0.3 is 16.1 Å². The number of piperidine rings is 1. The lowest BCUT2D eigenvalue weighted by Crippen LogP contribution is -2.50. The molecule has 0 radical (unpaired) electrons. The Hall–Kier alpha value is -0.390. The topological polar surface area (TPSA) is 62.1 Å². The summed E-state index contributed by atoms with van der Waals surface area (Å²) >= 11 is 4.86. The number of hydrogen-bond acceptors (Lipinski definition) is 3. The minimum absolute atomic E-state index is 0.437. The summed E-state index contributed by atoms with van der Waals surface area (Å²) in [7, 11) is 0. The van der Waals surface area contributed by atoms with Crippen molar-refractivity contribution < 1.29 is 0 Å². The first-order chi connectivity index (χ1) is 5.33. The van der Waals surface area contributed by atoms with E-state index in [2.05, 4.69) is 16.1 Å². The van der Waals surface area contributed by atoms with Gasteiger partial charge in [0, 0.05) is 12.6 Å². The van der Waals surface area contributed by atoms with Gasteiger partial charge in [-0.15, -0.1) is 0 Å². The van der Waals surface area contributed by atoms with Gasteiger partial charge in [-0.2, -0.15) is 0 Å². The normalized spacial score (nSPS) is 24.3. The van der Waals surface area contributed by atoms with Crippen molar-refractivity contribution in [2.24, 2.45) is 5.84 Å². The van der Waals surface area contributed by atoms with Crippen LogP contribution in [0.5, 0.6) is 0 Å². The highest BCUT2D eigenvalue weighted by Crippen LogP contribution is 2.00. The van der Waals surface area contributed by atoms with Crippen LogP contribution in [0.2, 0.25) is 0 Å². The average molecular weight is 174 g/mol. The van der Waals surface area contributed by atoms with Crippen molar-refractivity contribution in [1.29, 1.82) is 0 Å². The zero-order chi connectivity index (χ0) is 8.10. The highest BCUT2D eigenvalue weighted by Gasteiger charge is 2.12. The molecule has 0 aromatic rings. The molecular formula is C6H14N4S. The van der Waals surface area contributed by atoms with Crippen molar-refractivity contribution in [3.63, 3.8) is 0 Å². The molecule has 0 aromatic carbocycles. The molecule has 1 heterocycles. The number of hydrazine groups is 1. The van der Waals surface area contributed by atoms with Crippen LogP contribution in [0.3, 0.4) is 0 Å². The number of nitrogens with two attached hydrogens (primary N) is 1. The number of nitrogens with one attached hydrogen (secondary N) is 3. The molecule has 11 heavy (non-hydrogen) atoms. The van der Waals surface area contributed by atoms with E-state index in [4.69, 9.17) is 18.1 Å². The molecule has 5 N–H and O–H groups in total. The van der Waals surface area contributed by atoms with E-state index in [9.17, 15) is 0 Å². The first-order valence-corrected chi connectivity index (χ1v) is 4.21. The third-order valence-corrected chi connectivity index (χ3v) is 2.00. The molecule has 0 bridgehead atoms. The Morgan fingerprint density at radius 3 is 3.00 bits per heavy atom. The van der Waals surface area contributed by atoms with Gasteiger partial charge in [0.25, 0.3) is 0 Å². The predicted molar refractivity (Wildman–Crippen MR) is 48.9 cm³/mol. The molecule has 0 spiro atoms. The largest absolute Gasteiger partial charge is 0.358 e. The van der Waals surface area contributed by atoms with Crippen LogP contribution in [-0.2, 0) is 0 Å². The second-order valence-corrected chi connectivity index (χ2v) is 3.07. The van der Waals surface area contributed by atoms with E-state index in [1.807, 2.05) is 0 Å². The van der Waals surface area contributed by atoms with E-state index in [1.54, 1.807) is 0 Å². The molecule has 0 aromatic heterocycles. The molecule has 64 valence electrons. The van der Waals surface area contributed by atoms with Crippen LogP contribution >= 0.6 is 12.2 Å². The second-order valence-electron chi connectivity index (χ2n) is 2.66. The fourth-order valence-corrected chi connectivity index (χ4v) is 1.37. The lowest BCUT2D eigenvalue weighted by Gasteiger charge is -2.24. The van der Waals surface area contributed by atoms with Gasteiger partial charge in [-0.3, -0.25) is 0 Å². The van der Waals surface area contributed by atoms with E-state index < -0.39 is 0 Å². The second kappa shape index (κ2) is 4.48. The SMILES string of the molecule is NNC(=S)NC1CCCNC1. The van der Waals surface area contributed by atoms with Gasteiger partial charge >= 0.3 is 0 Å². The first-order valence-electron chi connectivity index (χ1n) is 3.81. The lowest BCUT2D eigenvalue weighted by atomic mass is 10.1. The Bertz CT molecular complexity index is 133. The fourth-order valence-electron chi connectivity index (χ4n) is 1.20. The summed E-state index contributed by atoms with van der Waals surface area (Å²) in [6.07, 6.45) is 2.36. The number of rotatable bonds is 1. The van der Waals surface area contributed by atoms with E-state index in [0.717, 1.165) is 19.5 Å². The van der Waals surface area contributed by atoms with Crippen molar-refractivity contribution in [3.05, 3.63) is 0 Å². The maximum absolute atomic E-state index is 5.12. The highest BCUT2D eigenvalue weighted by atomic mass is 32.1. The fraction of sp³-hybridized carbons (Fsp3) is 0.833. The molecule has 1 rings (SSSR count). The minimum Gasteiger partial charge on any atom is -0.358 e. The smallest absolute Gasteiger partial charge is 0.180 e. The summed E-state index contributed by atoms with van der Waals surface area (Å²) in [6, 6.07) is 0.437.